The highest BCUT2D eigenvalue weighted by molar-refractivity contribution is 5.40. The van der Waals surface area contributed by atoms with Crippen molar-refractivity contribution in [1.29, 1.82) is 0 Å². The van der Waals surface area contributed by atoms with Gasteiger partial charge in [-0.2, -0.15) is 0 Å². The molecule has 0 aliphatic heterocycles. The third-order valence-corrected chi connectivity index (χ3v) is 3.14. The van der Waals surface area contributed by atoms with Gasteiger partial charge in [0.15, 0.2) is 23.0 Å². The fourth-order valence-electron chi connectivity index (χ4n) is 1.94. The Balaban J connectivity index is 0.000000283. The van der Waals surface area contributed by atoms with Gasteiger partial charge < -0.3 is 24.7 Å². The SMILES string of the molecule is COc1ccc(F)cc1OCCN.COc1ccc(F)cc1OCCN=[N+]=[N-]. The van der Waals surface area contributed by atoms with Crippen LogP contribution in [0.5, 0.6) is 23.0 Å². The first-order valence-electron chi connectivity index (χ1n) is 8.19. The minimum Gasteiger partial charge on any atom is -0.493 e. The lowest BCUT2D eigenvalue weighted by Gasteiger charge is -2.09. The quantitative estimate of drug-likeness (QED) is 0.301. The Morgan fingerprint density at radius 3 is 1.82 bits per heavy atom. The summed E-state index contributed by atoms with van der Waals surface area (Å²) in [4.78, 5) is 2.57. The van der Waals surface area contributed by atoms with Crippen LogP contribution in [0.4, 0.5) is 8.78 Å². The molecule has 2 rings (SSSR count). The van der Waals surface area contributed by atoms with E-state index >= 15 is 0 Å². The number of halogens is 2. The highest BCUT2D eigenvalue weighted by Crippen LogP contribution is 2.28. The molecule has 0 spiro atoms. The van der Waals surface area contributed by atoms with E-state index in [4.69, 9.17) is 30.2 Å². The van der Waals surface area contributed by atoms with Crippen LogP contribution in [0.3, 0.4) is 0 Å². The van der Waals surface area contributed by atoms with Crippen LogP contribution >= 0.6 is 0 Å². The molecule has 2 aromatic rings. The van der Waals surface area contributed by atoms with Gasteiger partial charge in [-0.15, -0.1) is 0 Å². The Morgan fingerprint density at radius 1 is 0.893 bits per heavy atom. The number of rotatable bonds is 9. The maximum atomic E-state index is 12.8. The fraction of sp³-hybridized carbons (Fsp3) is 0.333. The van der Waals surface area contributed by atoms with Crippen molar-refractivity contribution in [2.24, 2.45) is 10.8 Å². The van der Waals surface area contributed by atoms with Crippen molar-refractivity contribution < 1.29 is 27.7 Å². The summed E-state index contributed by atoms with van der Waals surface area (Å²) < 4.78 is 45.9. The molecule has 152 valence electrons. The normalized spacial score (nSPS) is 9.46. The summed E-state index contributed by atoms with van der Waals surface area (Å²) in [5, 5.41) is 3.29. The van der Waals surface area contributed by atoms with E-state index in [9.17, 15) is 8.78 Å². The van der Waals surface area contributed by atoms with Gasteiger partial charge in [0.1, 0.15) is 18.2 Å². The molecule has 0 aliphatic carbocycles. The van der Waals surface area contributed by atoms with Crippen molar-refractivity contribution in [2.45, 2.75) is 0 Å². The monoisotopic (exact) mass is 396 g/mol. The van der Waals surface area contributed by atoms with Gasteiger partial charge in [-0.25, -0.2) is 8.78 Å². The second kappa shape index (κ2) is 13.0. The summed E-state index contributed by atoms with van der Waals surface area (Å²) >= 11 is 0. The number of hydrogen-bond donors (Lipinski definition) is 1. The third kappa shape index (κ3) is 7.98. The predicted molar refractivity (Wildman–Crippen MR) is 100.0 cm³/mol. The van der Waals surface area contributed by atoms with Crippen molar-refractivity contribution in [3.05, 3.63) is 58.5 Å². The summed E-state index contributed by atoms with van der Waals surface area (Å²) in [7, 11) is 2.97. The summed E-state index contributed by atoms with van der Waals surface area (Å²) in [5.74, 6) is 0.869. The molecular weight excluding hydrogens is 374 g/mol. The number of azide groups is 1. The Morgan fingerprint density at radius 2 is 1.39 bits per heavy atom. The van der Waals surface area contributed by atoms with E-state index in [1.54, 1.807) is 0 Å². The van der Waals surface area contributed by atoms with Crippen molar-refractivity contribution in [2.75, 3.05) is 40.5 Å². The zero-order chi connectivity index (χ0) is 20.8. The molecule has 0 fully saturated rings. The van der Waals surface area contributed by atoms with Crippen LogP contribution < -0.4 is 24.7 Å². The largest absolute Gasteiger partial charge is 0.493 e. The number of benzene rings is 2. The minimum atomic E-state index is -0.408. The molecule has 28 heavy (non-hydrogen) atoms. The first-order valence-corrected chi connectivity index (χ1v) is 8.19. The number of nitrogens with two attached hydrogens (primary N) is 1. The molecule has 0 heterocycles. The first-order chi connectivity index (χ1) is 13.5. The lowest BCUT2D eigenvalue weighted by molar-refractivity contribution is 0.300. The topological polar surface area (TPSA) is 112 Å². The zero-order valence-corrected chi connectivity index (χ0v) is 15.6. The van der Waals surface area contributed by atoms with Gasteiger partial charge >= 0.3 is 0 Å². The number of ether oxygens (including phenoxy) is 4. The molecular formula is C18H22F2N4O4. The molecule has 0 radical (unpaired) electrons. The van der Waals surface area contributed by atoms with E-state index < -0.39 is 5.82 Å². The standard InChI is InChI=1S/C9H10FN3O2.C9H12FNO2/c1-14-8-3-2-7(10)6-9(8)15-5-4-12-13-11;1-12-8-3-2-7(10)6-9(8)13-5-4-11/h2-3,6H,4-5H2,1H3;2-3,6H,4-5,11H2,1H3. The molecule has 0 unspecified atom stereocenters. The average Bonchev–Trinajstić information content (AvgIpc) is 2.70. The van der Waals surface area contributed by atoms with Crippen LogP contribution in [0.15, 0.2) is 41.5 Å². The van der Waals surface area contributed by atoms with Crippen molar-refractivity contribution in [3.8, 4) is 23.0 Å². The summed E-state index contributed by atoms with van der Waals surface area (Å²) in [6, 6.07) is 8.07. The van der Waals surface area contributed by atoms with Gasteiger partial charge in [0, 0.05) is 23.6 Å². The van der Waals surface area contributed by atoms with Crippen LogP contribution in [-0.4, -0.2) is 40.5 Å². The number of hydrogen-bond acceptors (Lipinski definition) is 6. The molecule has 10 heteroatoms. The molecule has 0 aliphatic rings. The van der Waals surface area contributed by atoms with Gasteiger partial charge in [-0.3, -0.25) is 0 Å². The molecule has 0 saturated heterocycles. The molecule has 0 aromatic heterocycles. The predicted octanol–water partition coefficient (Wildman–Crippen LogP) is 3.70. The van der Waals surface area contributed by atoms with Crippen molar-refractivity contribution in [1.82, 2.24) is 0 Å². The lowest BCUT2D eigenvalue weighted by Crippen LogP contribution is -2.11. The van der Waals surface area contributed by atoms with Crippen molar-refractivity contribution >= 4 is 0 Å². The Labute approximate surface area is 161 Å². The van der Waals surface area contributed by atoms with Gasteiger partial charge in [-0.1, -0.05) is 5.11 Å². The molecule has 0 amide bonds. The molecule has 0 atom stereocenters. The van der Waals surface area contributed by atoms with Crippen molar-refractivity contribution in [3.63, 3.8) is 0 Å². The van der Waals surface area contributed by atoms with E-state index in [0.29, 0.717) is 36.1 Å². The summed E-state index contributed by atoms with van der Waals surface area (Å²) in [5.41, 5.74) is 13.3. The number of nitrogens with zero attached hydrogens (tertiary/aromatic N) is 3. The molecule has 2 aromatic carbocycles. The lowest BCUT2D eigenvalue weighted by atomic mass is 10.3. The molecule has 2 N–H and O–H groups in total. The van der Waals surface area contributed by atoms with E-state index in [-0.39, 0.29) is 19.0 Å². The minimum absolute atomic E-state index is 0.184. The number of methoxy groups -OCH3 is 2. The maximum absolute atomic E-state index is 12.8. The highest BCUT2D eigenvalue weighted by atomic mass is 19.1. The maximum Gasteiger partial charge on any atom is 0.164 e. The van der Waals surface area contributed by atoms with Crippen LogP contribution in [0.1, 0.15) is 0 Å². The van der Waals surface area contributed by atoms with E-state index in [2.05, 4.69) is 10.0 Å². The van der Waals surface area contributed by atoms with Crippen LogP contribution in [0, 0.1) is 11.6 Å². The third-order valence-electron chi connectivity index (χ3n) is 3.14. The van der Waals surface area contributed by atoms with Gasteiger partial charge in [0.05, 0.1) is 27.4 Å². The van der Waals surface area contributed by atoms with Crippen LogP contribution in [0.2, 0.25) is 0 Å². The van der Waals surface area contributed by atoms with E-state index in [0.717, 1.165) is 0 Å². The Kier molecular flexibility index (Phi) is 10.6. The van der Waals surface area contributed by atoms with Gasteiger partial charge in [0.2, 0.25) is 0 Å². The first kappa shape index (κ1) is 22.8. The van der Waals surface area contributed by atoms with E-state index in [1.807, 2.05) is 0 Å². The smallest absolute Gasteiger partial charge is 0.164 e. The van der Waals surface area contributed by atoms with Gasteiger partial charge in [0.25, 0.3) is 0 Å². The molecule has 0 saturated carbocycles. The van der Waals surface area contributed by atoms with E-state index in [1.165, 1.54) is 50.6 Å². The zero-order valence-electron chi connectivity index (χ0n) is 15.6. The Bertz CT molecular complexity index is 786. The van der Waals surface area contributed by atoms with Crippen LogP contribution in [0.25, 0.3) is 10.4 Å². The molecule has 8 nitrogen and oxygen atoms in total. The van der Waals surface area contributed by atoms with Crippen LogP contribution in [-0.2, 0) is 0 Å². The fourth-order valence-corrected chi connectivity index (χ4v) is 1.94. The summed E-state index contributed by atoms with van der Waals surface area (Å²) in [6.07, 6.45) is 0. The second-order valence-electron chi connectivity index (χ2n) is 5.03. The summed E-state index contributed by atoms with van der Waals surface area (Å²) in [6.45, 7) is 1.11. The second-order valence-corrected chi connectivity index (χ2v) is 5.03. The highest BCUT2D eigenvalue weighted by Gasteiger charge is 2.05. The molecule has 0 bridgehead atoms. The average molecular weight is 396 g/mol. The Hall–Kier alpha value is -3.23. The van der Waals surface area contributed by atoms with Gasteiger partial charge in [-0.05, 0) is 29.8 Å².